The number of unbranched alkanes of at least 4 members (excludes halogenated alkanes) is 39. The number of carbonyl (C=O) groups excluding carboxylic acids is 3. The molecule has 6 nitrogen and oxygen atoms in total. The van der Waals surface area contributed by atoms with Gasteiger partial charge in [0, 0.05) is 19.3 Å². The summed E-state index contributed by atoms with van der Waals surface area (Å²) in [7, 11) is 0. The van der Waals surface area contributed by atoms with E-state index in [1.165, 1.54) is 212 Å². The van der Waals surface area contributed by atoms with Crippen LogP contribution in [0, 0.1) is 0 Å². The first-order valence-electron chi connectivity index (χ1n) is 33.9. The molecule has 0 fully saturated rings. The van der Waals surface area contributed by atoms with Crippen molar-refractivity contribution in [3.8, 4) is 0 Å². The second-order valence-electron chi connectivity index (χ2n) is 22.7. The highest BCUT2D eigenvalue weighted by Gasteiger charge is 2.19. The van der Waals surface area contributed by atoms with Crippen LogP contribution >= 0.6 is 0 Å². The molecule has 0 heterocycles. The highest BCUT2D eigenvalue weighted by Crippen LogP contribution is 2.18. The second kappa shape index (κ2) is 66.4. The van der Waals surface area contributed by atoms with Crippen LogP contribution in [0.4, 0.5) is 0 Å². The van der Waals surface area contributed by atoms with E-state index >= 15 is 0 Å². The molecule has 6 heteroatoms. The molecule has 0 aliphatic carbocycles. The Balaban J connectivity index is 4.35. The van der Waals surface area contributed by atoms with Gasteiger partial charge in [-0.25, -0.2) is 0 Å². The summed E-state index contributed by atoms with van der Waals surface area (Å²) in [5, 5.41) is 0. The quantitative estimate of drug-likeness (QED) is 0.0261. The maximum absolute atomic E-state index is 12.9. The van der Waals surface area contributed by atoms with E-state index in [-0.39, 0.29) is 31.1 Å². The molecule has 0 saturated carbocycles. The molecule has 0 aromatic heterocycles. The Labute approximate surface area is 484 Å². The summed E-state index contributed by atoms with van der Waals surface area (Å²) in [6.07, 6.45) is 86.2. The molecule has 0 amide bonds. The van der Waals surface area contributed by atoms with E-state index in [1.54, 1.807) is 0 Å². The van der Waals surface area contributed by atoms with Gasteiger partial charge in [0.25, 0.3) is 0 Å². The maximum Gasteiger partial charge on any atom is 0.306 e. The molecule has 0 saturated heterocycles. The van der Waals surface area contributed by atoms with E-state index in [9.17, 15) is 14.4 Å². The van der Waals surface area contributed by atoms with Gasteiger partial charge in [0.05, 0.1) is 0 Å². The van der Waals surface area contributed by atoms with Crippen molar-refractivity contribution in [2.24, 2.45) is 0 Å². The van der Waals surface area contributed by atoms with Crippen molar-refractivity contribution >= 4 is 17.9 Å². The van der Waals surface area contributed by atoms with Gasteiger partial charge >= 0.3 is 17.9 Å². The van der Waals surface area contributed by atoms with E-state index in [4.69, 9.17) is 14.2 Å². The lowest BCUT2D eigenvalue weighted by Crippen LogP contribution is -2.30. The molecule has 1 atom stereocenters. The first-order chi connectivity index (χ1) is 38.5. The van der Waals surface area contributed by atoms with Crippen molar-refractivity contribution in [2.75, 3.05) is 13.2 Å². The number of ether oxygens (including phenoxy) is 3. The van der Waals surface area contributed by atoms with Crippen LogP contribution in [-0.2, 0) is 28.6 Å². The van der Waals surface area contributed by atoms with Crippen molar-refractivity contribution in [3.63, 3.8) is 0 Å². The van der Waals surface area contributed by atoms with Crippen molar-refractivity contribution in [1.82, 2.24) is 0 Å². The lowest BCUT2D eigenvalue weighted by Gasteiger charge is -2.18. The summed E-state index contributed by atoms with van der Waals surface area (Å²) in [6, 6.07) is 0. The lowest BCUT2D eigenvalue weighted by molar-refractivity contribution is -0.167. The zero-order chi connectivity index (χ0) is 56.4. The van der Waals surface area contributed by atoms with Crippen LogP contribution in [0.3, 0.4) is 0 Å². The van der Waals surface area contributed by atoms with Gasteiger partial charge in [-0.3, -0.25) is 14.4 Å². The second-order valence-corrected chi connectivity index (χ2v) is 22.7. The van der Waals surface area contributed by atoms with Crippen molar-refractivity contribution in [1.29, 1.82) is 0 Å². The fourth-order valence-electron chi connectivity index (χ4n) is 9.88. The van der Waals surface area contributed by atoms with Crippen LogP contribution in [0.1, 0.15) is 348 Å². The molecule has 0 rings (SSSR count). The Kier molecular flexibility index (Phi) is 63.7. The zero-order valence-electron chi connectivity index (χ0n) is 51.9. The Morgan fingerprint density at radius 3 is 0.808 bits per heavy atom. The molecule has 0 radical (unpaired) electrons. The largest absolute Gasteiger partial charge is 0.462 e. The number of carbonyl (C=O) groups is 3. The number of hydrogen-bond acceptors (Lipinski definition) is 6. The molecule has 0 aromatic rings. The standard InChI is InChI=1S/C72H128O6/c1-4-7-10-13-16-19-22-25-28-31-33-35-36-37-39-41-44-47-50-53-56-59-62-65-71(74)77-68-69(67-76-70(73)64-61-58-55-52-49-46-43-40-30-27-24-21-18-15-12-9-6-3)78-72(75)66-63-60-57-54-51-48-45-42-38-34-32-29-26-23-20-17-14-11-8-5-2/h7,10,16,18-19,21,25,27-28,30,33,35,69H,4-6,8-9,11-15,17,20,22-24,26,29,31-32,34,36-68H2,1-3H3/b10-7-,19-16-,21-18-,28-25-,30-27-,35-33-. The predicted molar refractivity (Wildman–Crippen MR) is 339 cm³/mol. The van der Waals surface area contributed by atoms with E-state index in [2.05, 4.69) is 93.7 Å². The van der Waals surface area contributed by atoms with Crippen molar-refractivity contribution in [2.45, 2.75) is 354 Å². The summed E-state index contributed by atoms with van der Waals surface area (Å²) >= 11 is 0. The van der Waals surface area contributed by atoms with E-state index in [1.807, 2.05) is 0 Å². The Morgan fingerprint density at radius 2 is 0.500 bits per heavy atom. The molecule has 78 heavy (non-hydrogen) atoms. The molecular formula is C72H128O6. The number of allylic oxidation sites excluding steroid dienone is 12. The van der Waals surface area contributed by atoms with Crippen LogP contribution in [0.5, 0.6) is 0 Å². The monoisotopic (exact) mass is 1090 g/mol. The number of esters is 3. The average molecular weight is 1090 g/mol. The minimum absolute atomic E-state index is 0.0769. The molecule has 0 aliphatic rings. The minimum Gasteiger partial charge on any atom is -0.462 e. The summed E-state index contributed by atoms with van der Waals surface area (Å²) in [5.74, 6) is -0.867. The van der Waals surface area contributed by atoms with Gasteiger partial charge in [-0.15, -0.1) is 0 Å². The van der Waals surface area contributed by atoms with Crippen molar-refractivity contribution < 1.29 is 28.6 Å². The average Bonchev–Trinajstić information content (AvgIpc) is 3.44. The Morgan fingerprint density at radius 1 is 0.269 bits per heavy atom. The number of hydrogen-bond donors (Lipinski definition) is 0. The van der Waals surface area contributed by atoms with Crippen LogP contribution in [0.15, 0.2) is 72.9 Å². The highest BCUT2D eigenvalue weighted by molar-refractivity contribution is 5.71. The van der Waals surface area contributed by atoms with Gasteiger partial charge in [-0.05, 0) is 89.9 Å². The molecule has 0 aliphatic heterocycles. The minimum atomic E-state index is -0.780. The smallest absolute Gasteiger partial charge is 0.306 e. The van der Waals surface area contributed by atoms with Crippen LogP contribution < -0.4 is 0 Å². The first kappa shape index (κ1) is 74.8. The topological polar surface area (TPSA) is 78.9 Å². The summed E-state index contributed by atoms with van der Waals surface area (Å²) < 4.78 is 17.0. The third kappa shape index (κ3) is 63.7. The van der Waals surface area contributed by atoms with Gasteiger partial charge in [0.15, 0.2) is 6.10 Å². The molecule has 0 N–H and O–H groups in total. The zero-order valence-corrected chi connectivity index (χ0v) is 51.9. The van der Waals surface area contributed by atoms with Gasteiger partial charge in [0.2, 0.25) is 0 Å². The predicted octanol–water partition coefficient (Wildman–Crippen LogP) is 23.3. The highest BCUT2D eigenvalue weighted by atomic mass is 16.6. The van der Waals surface area contributed by atoms with Crippen LogP contribution in [0.25, 0.3) is 0 Å². The van der Waals surface area contributed by atoms with Crippen molar-refractivity contribution in [3.05, 3.63) is 72.9 Å². The SMILES string of the molecule is CC/C=C\C/C=C\C/C=C\C/C=C\CCCCCCCCCCCCC(=O)OCC(COC(=O)CCCCCCCCC/C=C\C/C=C\CCCCC)OC(=O)CCCCCCCCCCCCCCCCCCCCCC. The molecular weight excluding hydrogens is 961 g/mol. The van der Waals surface area contributed by atoms with Gasteiger partial charge in [-0.2, -0.15) is 0 Å². The van der Waals surface area contributed by atoms with Crippen LogP contribution in [0.2, 0.25) is 0 Å². The normalized spacial score (nSPS) is 12.5. The lowest BCUT2D eigenvalue weighted by atomic mass is 10.0. The number of rotatable bonds is 62. The Hall–Kier alpha value is -3.15. The molecule has 0 aromatic carbocycles. The summed E-state index contributed by atoms with van der Waals surface area (Å²) in [4.78, 5) is 38.4. The molecule has 0 spiro atoms. The fraction of sp³-hybridized carbons (Fsp3) is 0.792. The van der Waals surface area contributed by atoms with Gasteiger partial charge in [0.1, 0.15) is 13.2 Å². The van der Waals surface area contributed by atoms with E-state index in [0.717, 1.165) is 96.3 Å². The summed E-state index contributed by atoms with van der Waals surface area (Å²) in [6.45, 7) is 6.55. The molecule has 0 bridgehead atoms. The van der Waals surface area contributed by atoms with Gasteiger partial charge < -0.3 is 14.2 Å². The molecule has 452 valence electrons. The van der Waals surface area contributed by atoms with Gasteiger partial charge in [-0.1, -0.05) is 312 Å². The van der Waals surface area contributed by atoms with E-state index in [0.29, 0.717) is 19.3 Å². The van der Waals surface area contributed by atoms with Crippen LogP contribution in [-0.4, -0.2) is 37.2 Å². The fourth-order valence-corrected chi connectivity index (χ4v) is 9.88. The Bertz CT molecular complexity index is 1440. The molecule has 1 unspecified atom stereocenters. The third-order valence-electron chi connectivity index (χ3n) is 14.9. The third-order valence-corrected chi connectivity index (χ3v) is 14.9. The van der Waals surface area contributed by atoms with E-state index < -0.39 is 6.10 Å². The summed E-state index contributed by atoms with van der Waals surface area (Å²) in [5.41, 5.74) is 0. The maximum atomic E-state index is 12.9. The first-order valence-corrected chi connectivity index (χ1v) is 33.9.